The lowest BCUT2D eigenvalue weighted by molar-refractivity contribution is 0.628. The molecule has 0 saturated heterocycles. The predicted octanol–water partition coefficient (Wildman–Crippen LogP) is 4.61. The Hall–Kier alpha value is -3.95. The Morgan fingerprint density at radius 2 is 1.64 bits per heavy atom. The largest absolute Gasteiger partial charge is 0.370 e. The topological polar surface area (TPSA) is 116 Å². The zero-order valence-corrected chi connectivity index (χ0v) is 21.3. The summed E-state index contributed by atoms with van der Waals surface area (Å²) in [4.78, 5) is 20.3. The molecule has 3 rings (SSSR count). The van der Waals surface area contributed by atoms with E-state index in [1.165, 1.54) is 12.1 Å². The molecule has 0 spiro atoms. The zero-order chi connectivity index (χ0) is 25.8. The summed E-state index contributed by atoms with van der Waals surface area (Å²) >= 11 is 0. The number of nitrogens with two attached hydrogens (primary N) is 1. The quantitative estimate of drug-likeness (QED) is 0.155. The van der Waals surface area contributed by atoms with Crippen LogP contribution in [0.1, 0.15) is 44.7 Å². The summed E-state index contributed by atoms with van der Waals surface area (Å²) in [6.45, 7) is 9.74. The van der Waals surface area contributed by atoms with Crippen LogP contribution < -0.4 is 26.6 Å². The van der Waals surface area contributed by atoms with Crippen LogP contribution in [0.3, 0.4) is 0 Å². The molecule has 3 aromatic rings. The van der Waals surface area contributed by atoms with Crippen molar-refractivity contribution in [3.63, 3.8) is 0 Å². The monoisotopic (exact) mass is 493 g/mol. The van der Waals surface area contributed by atoms with E-state index in [0.717, 1.165) is 43.6 Å². The number of halogens is 1. The van der Waals surface area contributed by atoms with Crippen molar-refractivity contribution in [1.29, 1.82) is 0 Å². The number of rotatable bonds is 13. The Morgan fingerprint density at radius 3 is 2.33 bits per heavy atom. The van der Waals surface area contributed by atoms with Gasteiger partial charge < -0.3 is 26.6 Å². The minimum atomic E-state index is -0.299. The maximum Gasteiger partial charge on any atom is 0.231 e. The maximum atomic E-state index is 13.1. The number of benzene rings is 2. The third-order valence-electron chi connectivity index (χ3n) is 5.47. The molecule has 0 unspecified atom stereocenters. The van der Waals surface area contributed by atoms with E-state index in [0.29, 0.717) is 36.6 Å². The predicted molar refractivity (Wildman–Crippen MR) is 146 cm³/mol. The molecule has 0 bridgehead atoms. The lowest BCUT2D eigenvalue weighted by Gasteiger charge is -2.20. The second kappa shape index (κ2) is 13.8. The molecule has 192 valence electrons. The van der Waals surface area contributed by atoms with Gasteiger partial charge in [0.05, 0.1) is 6.54 Å². The fourth-order valence-corrected chi connectivity index (χ4v) is 3.46. The van der Waals surface area contributed by atoms with E-state index in [-0.39, 0.29) is 11.8 Å². The summed E-state index contributed by atoms with van der Waals surface area (Å²) in [6.07, 6.45) is 2.15. The van der Waals surface area contributed by atoms with Gasteiger partial charge in [0.25, 0.3) is 0 Å². The molecule has 0 atom stereocenters. The van der Waals surface area contributed by atoms with Gasteiger partial charge in [-0.2, -0.15) is 15.0 Å². The first-order valence-corrected chi connectivity index (χ1v) is 12.4. The molecule has 2 aromatic carbocycles. The molecule has 0 fully saturated rings. The molecule has 0 saturated carbocycles. The number of hydrogen-bond acceptors (Lipinski definition) is 7. The number of nitrogens with zero attached hydrogens (tertiary/aromatic N) is 5. The van der Waals surface area contributed by atoms with E-state index in [2.05, 4.69) is 67.6 Å². The molecule has 0 amide bonds. The van der Waals surface area contributed by atoms with Gasteiger partial charge in [-0.3, -0.25) is 0 Å². The second-order valence-corrected chi connectivity index (χ2v) is 8.24. The van der Waals surface area contributed by atoms with Gasteiger partial charge in [0.15, 0.2) is 5.96 Å². The van der Waals surface area contributed by atoms with Crippen molar-refractivity contribution >= 4 is 29.5 Å². The summed E-state index contributed by atoms with van der Waals surface area (Å²) in [5.41, 5.74) is 8.75. The van der Waals surface area contributed by atoms with E-state index in [9.17, 15) is 4.39 Å². The number of anilines is 4. The number of nitrogens with one attached hydrogen (secondary N) is 3. The highest BCUT2D eigenvalue weighted by molar-refractivity contribution is 5.92. The molecule has 0 aliphatic carbocycles. The molecular formula is C26H36FN9. The lowest BCUT2D eigenvalue weighted by atomic mass is 10.1. The first kappa shape index (κ1) is 26.7. The normalized spacial score (nSPS) is 11.3. The van der Waals surface area contributed by atoms with Gasteiger partial charge in [0, 0.05) is 31.9 Å². The SMILES string of the molecule is CCCCNc1nc(NCc2cccc(CN=C(N)Nc3ccc(F)cc3)c2)nc(N(CC)CC)n1. The maximum absolute atomic E-state index is 13.1. The van der Waals surface area contributed by atoms with E-state index < -0.39 is 0 Å². The molecule has 1 aromatic heterocycles. The smallest absolute Gasteiger partial charge is 0.231 e. The van der Waals surface area contributed by atoms with Crippen molar-refractivity contribution in [3.05, 3.63) is 65.5 Å². The van der Waals surface area contributed by atoms with Gasteiger partial charge in [-0.25, -0.2) is 9.38 Å². The summed E-state index contributed by atoms with van der Waals surface area (Å²) in [6, 6.07) is 14.0. The minimum Gasteiger partial charge on any atom is -0.370 e. The molecule has 10 heteroatoms. The molecule has 1 heterocycles. The number of unbranched alkanes of at least 4 members (excludes halogenated alkanes) is 1. The fraction of sp³-hybridized carbons (Fsp3) is 0.385. The van der Waals surface area contributed by atoms with Crippen LogP contribution in [0.15, 0.2) is 53.5 Å². The van der Waals surface area contributed by atoms with E-state index in [4.69, 9.17) is 5.73 Å². The summed E-state index contributed by atoms with van der Waals surface area (Å²) in [5, 5.41) is 9.60. The highest BCUT2D eigenvalue weighted by Crippen LogP contribution is 2.15. The number of guanidine groups is 1. The standard InChI is InChI=1S/C26H36FN9/c1-4-7-15-29-24-33-25(35-26(34-24)36(5-2)6-3)31-18-20-10-8-9-19(16-20)17-30-23(28)32-22-13-11-21(27)12-14-22/h8-14,16H,4-7,15,17-18H2,1-3H3,(H3,28,30,32)(H2,29,31,33,34,35). The van der Waals surface area contributed by atoms with E-state index in [1.807, 2.05) is 18.2 Å². The molecule has 9 nitrogen and oxygen atoms in total. The molecule has 0 aliphatic rings. The van der Waals surface area contributed by atoms with Gasteiger partial charge in [-0.05, 0) is 55.7 Å². The second-order valence-electron chi connectivity index (χ2n) is 8.24. The van der Waals surface area contributed by atoms with Crippen molar-refractivity contribution < 1.29 is 4.39 Å². The van der Waals surface area contributed by atoms with Crippen LogP contribution in [0.5, 0.6) is 0 Å². The van der Waals surface area contributed by atoms with Crippen molar-refractivity contribution in [2.45, 2.75) is 46.7 Å². The Labute approximate surface area is 212 Å². The Bertz CT molecular complexity index is 1110. The summed E-state index contributed by atoms with van der Waals surface area (Å²) in [5.74, 6) is 1.73. The third kappa shape index (κ3) is 8.37. The van der Waals surface area contributed by atoms with Crippen LogP contribution >= 0.6 is 0 Å². The lowest BCUT2D eigenvalue weighted by Crippen LogP contribution is -2.25. The first-order valence-electron chi connectivity index (χ1n) is 12.4. The minimum absolute atomic E-state index is 0.266. The average molecular weight is 494 g/mol. The van der Waals surface area contributed by atoms with Crippen LogP contribution in [-0.2, 0) is 13.1 Å². The van der Waals surface area contributed by atoms with Gasteiger partial charge >= 0.3 is 0 Å². The Kier molecular flexibility index (Phi) is 10.2. The molecule has 0 radical (unpaired) electrons. The number of hydrogen-bond donors (Lipinski definition) is 4. The molecule has 0 aliphatic heterocycles. The Morgan fingerprint density at radius 1 is 0.944 bits per heavy atom. The van der Waals surface area contributed by atoms with Crippen LogP contribution in [0.25, 0.3) is 0 Å². The number of aliphatic imine (C=N–C) groups is 1. The van der Waals surface area contributed by atoms with Crippen molar-refractivity contribution in [2.75, 3.05) is 40.5 Å². The van der Waals surface area contributed by atoms with Crippen LogP contribution in [0.2, 0.25) is 0 Å². The molecular weight excluding hydrogens is 457 g/mol. The highest BCUT2D eigenvalue weighted by Gasteiger charge is 2.11. The fourth-order valence-electron chi connectivity index (χ4n) is 3.46. The van der Waals surface area contributed by atoms with Crippen molar-refractivity contribution in [2.24, 2.45) is 10.7 Å². The Balaban J connectivity index is 1.64. The zero-order valence-electron chi connectivity index (χ0n) is 21.3. The first-order chi connectivity index (χ1) is 17.5. The highest BCUT2D eigenvalue weighted by atomic mass is 19.1. The third-order valence-corrected chi connectivity index (χ3v) is 5.47. The molecule has 5 N–H and O–H groups in total. The van der Waals surface area contributed by atoms with E-state index in [1.54, 1.807) is 12.1 Å². The summed E-state index contributed by atoms with van der Waals surface area (Å²) in [7, 11) is 0. The summed E-state index contributed by atoms with van der Waals surface area (Å²) < 4.78 is 13.1. The van der Waals surface area contributed by atoms with Crippen LogP contribution in [0.4, 0.5) is 27.9 Å². The van der Waals surface area contributed by atoms with Crippen LogP contribution in [-0.4, -0.2) is 40.5 Å². The van der Waals surface area contributed by atoms with Gasteiger partial charge in [-0.1, -0.05) is 37.6 Å². The van der Waals surface area contributed by atoms with Crippen molar-refractivity contribution in [1.82, 2.24) is 15.0 Å². The van der Waals surface area contributed by atoms with Gasteiger partial charge in [0.1, 0.15) is 5.82 Å². The molecule has 36 heavy (non-hydrogen) atoms. The van der Waals surface area contributed by atoms with Gasteiger partial charge in [0.2, 0.25) is 17.8 Å². The van der Waals surface area contributed by atoms with E-state index >= 15 is 0 Å². The number of aromatic nitrogens is 3. The van der Waals surface area contributed by atoms with Crippen molar-refractivity contribution in [3.8, 4) is 0 Å². The van der Waals surface area contributed by atoms with Crippen LogP contribution in [0, 0.1) is 5.82 Å². The average Bonchev–Trinajstić information content (AvgIpc) is 2.89. The van der Waals surface area contributed by atoms with Gasteiger partial charge in [-0.15, -0.1) is 0 Å².